The Morgan fingerprint density at radius 2 is 1.97 bits per heavy atom. The number of benzene rings is 2. The highest BCUT2D eigenvalue weighted by atomic mass is 79.9. The molecule has 38 heavy (non-hydrogen) atoms. The number of hydrogen-bond donors (Lipinski definition) is 2. The molecule has 4 aromatic rings. The van der Waals surface area contributed by atoms with E-state index in [9.17, 15) is 9.18 Å². The lowest BCUT2D eigenvalue weighted by Crippen LogP contribution is -2.31. The van der Waals surface area contributed by atoms with E-state index in [2.05, 4.69) is 25.9 Å². The van der Waals surface area contributed by atoms with Crippen molar-refractivity contribution >= 4 is 45.1 Å². The predicted octanol–water partition coefficient (Wildman–Crippen LogP) is 6.42. The molecule has 1 saturated heterocycles. The van der Waals surface area contributed by atoms with Crippen LogP contribution in [-0.4, -0.2) is 43.7 Å². The molecular weight excluding hydrogens is 569 g/mol. The summed E-state index contributed by atoms with van der Waals surface area (Å²) in [6, 6.07) is 13.9. The van der Waals surface area contributed by atoms with E-state index in [-0.39, 0.29) is 30.2 Å². The van der Waals surface area contributed by atoms with Crippen molar-refractivity contribution in [1.82, 2.24) is 24.6 Å². The third kappa shape index (κ3) is 4.79. The maximum atomic E-state index is 14.0. The van der Waals surface area contributed by atoms with Gasteiger partial charge in [-0.2, -0.15) is 5.10 Å². The molecule has 1 fully saturated rings. The Labute approximate surface area is 232 Å². The molecular formula is C28H25BrFN5O2S. The second-order valence-corrected chi connectivity index (χ2v) is 11.0. The van der Waals surface area contributed by atoms with E-state index < -0.39 is 6.23 Å². The van der Waals surface area contributed by atoms with Gasteiger partial charge in [0.2, 0.25) is 0 Å². The molecule has 1 amide bonds. The van der Waals surface area contributed by atoms with Crippen LogP contribution >= 0.6 is 28.1 Å². The van der Waals surface area contributed by atoms with Crippen molar-refractivity contribution in [2.24, 2.45) is 5.92 Å². The molecule has 194 valence electrons. The number of rotatable bonds is 6. The Balaban J connectivity index is 1.33. The minimum Gasteiger partial charge on any atom is -0.344 e. The summed E-state index contributed by atoms with van der Waals surface area (Å²) >= 11 is 8.68. The van der Waals surface area contributed by atoms with Gasteiger partial charge in [-0.15, -0.1) is 0 Å². The summed E-state index contributed by atoms with van der Waals surface area (Å²) in [5.41, 5.74) is 5.42. The van der Waals surface area contributed by atoms with Crippen LogP contribution in [0.3, 0.4) is 0 Å². The van der Waals surface area contributed by atoms with Crippen molar-refractivity contribution in [1.29, 1.82) is 0 Å². The molecule has 2 aromatic heterocycles. The van der Waals surface area contributed by atoms with E-state index in [1.807, 2.05) is 61.7 Å². The molecule has 3 unspecified atom stereocenters. The predicted molar refractivity (Wildman–Crippen MR) is 149 cm³/mol. The van der Waals surface area contributed by atoms with E-state index in [1.165, 1.54) is 6.08 Å². The molecule has 3 atom stereocenters. The summed E-state index contributed by atoms with van der Waals surface area (Å²) in [7, 11) is 0. The van der Waals surface area contributed by atoms with Crippen LogP contribution in [0.15, 0.2) is 77.2 Å². The lowest BCUT2D eigenvalue weighted by Gasteiger charge is -2.26. The minimum atomic E-state index is -0.583. The van der Waals surface area contributed by atoms with Crippen molar-refractivity contribution in [3.05, 3.63) is 98.8 Å². The summed E-state index contributed by atoms with van der Waals surface area (Å²) in [6.07, 6.45) is 6.92. The van der Waals surface area contributed by atoms with E-state index in [4.69, 9.17) is 22.1 Å². The first-order valence-electron chi connectivity index (χ1n) is 12.4. The maximum Gasteiger partial charge on any atom is 0.250 e. The fraction of sp³-hybridized carbons (Fsp3) is 0.250. The highest BCUT2D eigenvalue weighted by molar-refractivity contribution is 9.10. The number of amides is 1. The Hall–Kier alpha value is -3.34. The van der Waals surface area contributed by atoms with Crippen molar-refractivity contribution in [3.8, 4) is 5.69 Å². The van der Waals surface area contributed by atoms with Gasteiger partial charge in [0.1, 0.15) is 12.4 Å². The van der Waals surface area contributed by atoms with Crippen molar-refractivity contribution in [2.45, 2.75) is 25.5 Å². The minimum absolute atomic E-state index is 0.00208. The molecule has 6 rings (SSSR count). The van der Waals surface area contributed by atoms with Crippen molar-refractivity contribution in [2.75, 3.05) is 13.2 Å². The van der Waals surface area contributed by atoms with Gasteiger partial charge in [0.15, 0.2) is 11.0 Å². The van der Waals surface area contributed by atoms with Crippen LogP contribution in [0.1, 0.15) is 35.9 Å². The first-order valence-corrected chi connectivity index (χ1v) is 13.6. The maximum absolute atomic E-state index is 14.0. The zero-order chi connectivity index (χ0) is 26.4. The Morgan fingerprint density at radius 3 is 2.76 bits per heavy atom. The monoisotopic (exact) mass is 593 g/mol. The Bertz CT molecular complexity index is 1640. The van der Waals surface area contributed by atoms with Crippen LogP contribution < -0.4 is 0 Å². The Kier molecular flexibility index (Phi) is 6.63. The molecule has 7 nitrogen and oxygen atoms in total. The third-order valence-electron chi connectivity index (χ3n) is 7.09. The number of allylic oxidation sites excluding steroid dienone is 4. The molecule has 2 N–H and O–H groups in total. The van der Waals surface area contributed by atoms with Crippen LogP contribution in [0.5, 0.6) is 0 Å². The van der Waals surface area contributed by atoms with Gasteiger partial charge in [0.25, 0.3) is 5.91 Å². The second kappa shape index (κ2) is 10.1. The van der Waals surface area contributed by atoms with Gasteiger partial charge in [0, 0.05) is 28.7 Å². The number of carbonyl (C=O) groups is 1. The average Bonchev–Trinajstić information content (AvgIpc) is 3.58. The summed E-state index contributed by atoms with van der Waals surface area (Å²) in [5, 5.41) is 4.93. The fourth-order valence-electron chi connectivity index (χ4n) is 5.14. The molecule has 1 aliphatic carbocycles. The van der Waals surface area contributed by atoms with Gasteiger partial charge in [-0.3, -0.25) is 4.79 Å². The fourth-order valence-corrected chi connectivity index (χ4v) is 5.62. The van der Waals surface area contributed by atoms with Crippen LogP contribution in [0.4, 0.5) is 4.39 Å². The number of H-pyrrole nitrogens is 2. The van der Waals surface area contributed by atoms with Gasteiger partial charge in [0.05, 0.1) is 22.4 Å². The van der Waals surface area contributed by atoms with Crippen LogP contribution in [0.2, 0.25) is 0 Å². The van der Waals surface area contributed by atoms with E-state index >= 15 is 0 Å². The Morgan fingerprint density at radius 1 is 1.18 bits per heavy atom. The number of nitrogens with zero attached hydrogens (tertiary/aromatic N) is 3. The first-order chi connectivity index (χ1) is 18.4. The molecule has 2 aliphatic rings. The van der Waals surface area contributed by atoms with E-state index in [0.29, 0.717) is 17.7 Å². The topological polar surface area (TPSA) is 78.9 Å². The van der Waals surface area contributed by atoms with Crippen molar-refractivity contribution in [3.63, 3.8) is 0 Å². The van der Waals surface area contributed by atoms with Gasteiger partial charge < -0.3 is 19.6 Å². The zero-order valence-corrected chi connectivity index (χ0v) is 22.9. The zero-order valence-electron chi connectivity index (χ0n) is 20.5. The number of aromatic amines is 2. The molecule has 3 heterocycles. The van der Waals surface area contributed by atoms with Gasteiger partial charge in [-0.1, -0.05) is 35.0 Å². The van der Waals surface area contributed by atoms with Crippen molar-refractivity contribution < 1.29 is 13.9 Å². The number of carbonyl (C=O) groups excluding carboxylic acids is 1. The number of ether oxygens (including phenoxy) is 1. The molecule has 0 spiro atoms. The number of imidazole rings is 1. The van der Waals surface area contributed by atoms with Crippen LogP contribution in [-0.2, 0) is 16.0 Å². The molecule has 10 heteroatoms. The van der Waals surface area contributed by atoms with E-state index in [0.717, 1.165) is 38.0 Å². The standard InChI is InChI=1S/C28H25BrFN5O2S/c1-16-12-19(30)5-8-21(16)26-22(14-35(33-26)20-6-3-18(29)4-7-20)27-34(25(36)15-37-27)11-10-17-2-9-23-24(13-17)32-28(38)31-23/h2-9,12-14,16,21,27H,10-11,15H2,1H3,(H2,31,32,38). The van der Waals surface area contributed by atoms with Crippen LogP contribution in [0, 0.1) is 10.7 Å². The molecule has 1 aliphatic heterocycles. The molecule has 2 aromatic carbocycles. The molecule has 0 bridgehead atoms. The molecule has 0 saturated carbocycles. The number of aromatic nitrogens is 4. The number of nitrogens with one attached hydrogen (secondary N) is 2. The number of fused-ring (bicyclic) bond motifs is 1. The first kappa shape index (κ1) is 25.0. The summed E-state index contributed by atoms with van der Waals surface area (Å²) in [4.78, 5) is 21.0. The SMILES string of the molecule is CC1C=C(F)C=CC1c1nn(-c2ccc(Br)cc2)cc1C1OCC(=O)N1CCc1ccc2[nH]c(=S)[nH]c2c1. The van der Waals surface area contributed by atoms with E-state index in [1.54, 1.807) is 15.7 Å². The highest BCUT2D eigenvalue weighted by Gasteiger charge is 2.38. The lowest BCUT2D eigenvalue weighted by molar-refractivity contribution is -0.128. The summed E-state index contributed by atoms with van der Waals surface area (Å²) in [6.45, 7) is 2.45. The lowest BCUT2D eigenvalue weighted by atomic mass is 9.85. The van der Waals surface area contributed by atoms with Gasteiger partial charge in [-0.05, 0) is 78.7 Å². The summed E-state index contributed by atoms with van der Waals surface area (Å²) in [5.74, 6) is -0.577. The van der Waals surface area contributed by atoms with Gasteiger partial charge in [-0.25, -0.2) is 9.07 Å². The molecule has 0 radical (unpaired) electrons. The third-order valence-corrected chi connectivity index (χ3v) is 7.82. The summed E-state index contributed by atoms with van der Waals surface area (Å²) < 4.78 is 23.4. The smallest absolute Gasteiger partial charge is 0.250 e. The average molecular weight is 595 g/mol. The normalized spacial score (nSPS) is 21.4. The largest absolute Gasteiger partial charge is 0.344 e. The number of halogens is 2. The van der Waals surface area contributed by atoms with Crippen LogP contribution in [0.25, 0.3) is 16.7 Å². The van der Waals surface area contributed by atoms with Gasteiger partial charge >= 0.3 is 0 Å². The quantitative estimate of drug-likeness (QED) is 0.253. The number of hydrogen-bond acceptors (Lipinski definition) is 4. The highest BCUT2D eigenvalue weighted by Crippen LogP contribution is 2.39. The second-order valence-electron chi connectivity index (χ2n) is 9.65.